The summed E-state index contributed by atoms with van der Waals surface area (Å²) in [7, 11) is 3.41. The van der Waals surface area contributed by atoms with Crippen molar-refractivity contribution in [2.24, 2.45) is 0 Å². The van der Waals surface area contributed by atoms with E-state index in [0.29, 0.717) is 0 Å². The van der Waals surface area contributed by atoms with E-state index in [1.807, 2.05) is 24.3 Å². The van der Waals surface area contributed by atoms with Crippen molar-refractivity contribution in [3.05, 3.63) is 59.7 Å². The molecule has 24 heavy (non-hydrogen) atoms. The molecule has 0 aromatic heterocycles. The summed E-state index contributed by atoms with van der Waals surface area (Å²) in [6, 6.07) is 16.8. The predicted molar refractivity (Wildman–Crippen MR) is 93.5 cm³/mol. The molecule has 0 spiro atoms. The molecule has 3 heteroatoms. The van der Waals surface area contributed by atoms with Gasteiger partial charge in [-0.2, -0.15) is 0 Å². The molecule has 2 heterocycles. The van der Waals surface area contributed by atoms with Crippen molar-refractivity contribution in [1.82, 2.24) is 0 Å². The molecule has 2 aliphatic heterocycles. The van der Waals surface area contributed by atoms with E-state index in [-0.39, 0.29) is 11.2 Å². The summed E-state index contributed by atoms with van der Waals surface area (Å²) in [5, 5.41) is 0. The van der Waals surface area contributed by atoms with Gasteiger partial charge in [-0.05, 0) is 67.5 Å². The lowest BCUT2D eigenvalue weighted by Crippen LogP contribution is -2.36. The minimum atomic E-state index is -0.148. The highest BCUT2D eigenvalue weighted by Crippen LogP contribution is 2.57. The third kappa shape index (κ3) is 2.39. The Balaban J connectivity index is 1.65. The molecule has 2 fully saturated rings. The Morgan fingerprint density at radius 3 is 1.46 bits per heavy atom. The van der Waals surface area contributed by atoms with E-state index in [4.69, 9.17) is 14.2 Å². The van der Waals surface area contributed by atoms with Crippen LogP contribution in [0, 0.1) is 0 Å². The van der Waals surface area contributed by atoms with Crippen LogP contribution in [0.2, 0.25) is 0 Å². The Hall–Kier alpha value is -2.00. The normalized spacial score (nSPS) is 28.6. The molecule has 2 aliphatic rings. The summed E-state index contributed by atoms with van der Waals surface area (Å²) in [5.41, 5.74) is 2.26. The van der Waals surface area contributed by atoms with E-state index < -0.39 is 0 Å². The topological polar surface area (TPSA) is 27.7 Å². The molecule has 2 bridgehead atoms. The molecule has 2 saturated heterocycles. The zero-order valence-corrected chi connectivity index (χ0v) is 14.4. The number of methoxy groups -OCH3 is 2. The fourth-order valence-corrected chi connectivity index (χ4v) is 4.38. The second kappa shape index (κ2) is 5.82. The van der Waals surface area contributed by atoms with E-state index in [2.05, 4.69) is 24.3 Å². The van der Waals surface area contributed by atoms with Gasteiger partial charge < -0.3 is 14.2 Å². The molecule has 3 nitrogen and oxygen atoms in total. The van der Waals surface area contributed by atoms with Gasteiger partial charge in [-0.1, -0.05) is 24.3 Å². The lowest BCUT2D eigenvalue weighted by atomic mass is 9.85. The first-order valence-corrected chi connectivity index (χ1v) is 8.69. The van der Waals surface area contributed by atoms with Crippen molar-refractivity contribution >= 4 is 0 Å². The lowest BCUT2D eigenvalue weighted by molar-refractivity contribution is -0.149. The number of benzene rings is 2. The van der Waals surface area contributed by atoms with Crippen LogP contribution in [-0.2, 0) is 15.9 Å². The molecule has 0 saturated carbocycles. The van der Waals surface area contributed by atoms with E-state index in [1.165, 1.54) is 17.5 Å². The van der Waals surface area contributed by atoms with Crippen molar-refractivity contribution < 1.29 is 14.2 Å². The van der Waals surface area contributed by atoms with Gasteiger partial charge in [0, 0.05) is 0 Å². The molecule has 0 aliphatic carbocycles. The number of hydrogen-bond donors (Lipinski definition) is 0. The van der Waals surface area contributed by atoms with Crippen molar-refractivity contribution in [1.29, 1.82) is 0 Å². The molecule has 0 unspecified atom stereocenters. The van der Waals surface area contributed by atoms with Gasteiger partial charge in [-0.25, -0.2) is 0 Å². The van der Waals surface area contributed by atoms with Crippen molar-refractivity contribution in [3.63, 3.8) is 0 Å². The summed E-state index contributed by atoms with van der Waals surface area (Å²) in [6.45, 7) is 0. The molecule has 2 aromatic rings. The van der Waals surface area contributed by atoms with Crippen LogP contribution in [-0.4, -0.2) is 14.2 Å². The number of fused-ring (bicyclic) bond motifs is 2. The van der Waals surface area contributed by atoms with Crippen LogP contribution < -0.4 is 9.47 Å². The number of ether oxygens (including phenoxy) is 3. The molecule has 2 atom stereocenters. The number of rotatable bonds is 4. The first-order chi connectivity index (χ1) is 11.7. The maximum absolute atomic E-state index is 6.81. The second-order valence-electron chi connectivity index (χ2n) is 6.90. The zero-order chi connectivity index (χ0) is 16.6. The van der Waals surface area contributed by atoms with Gasteiger partial charge in [0.2, 0.25) is 0 Å². The monoisotopic (exact) mass is 324 g/mol. The van der Waals surface area contributed by atoms with Crippen LogP contribution in [0.3, 0.4) is 0 Å². The molecule has 0 amide bonds. The minimum Gasteiger partial charge on any atom is -0.497 e. The predicted octanol–water partition coefficient (Wildman–Crippen LogP) is 4.79. The summed E-state index contributed by atoms with van der Waals surface area (Å²) < 4.78 is 17.4. The zero-order valence-electron chi connectivity index (χ0n) is 14.4. The summed E-state index contributed by atoms with van der Waals surface area (Å²) >= 11 is 0. The van der Waals surface area contributed by atoms with Crippen molar-refractivity contribution in [3.8, 4) is 11.5 Å². The van der Waals surface area contributed by atoms with Crippen LogP contribution >= 0.6 is 0 Å². The Labute approximate surface area is 143 Å². The van der Waals surface area contributed by atoms with Crippen molar-refractivity contribution in [2.75, 3.05) is 14.2 Å². The molecule has 0 radical (unpaired) electrons. The SMILES string of the molecule is COc1ccc([C@@]23CCC[C@@](c4ccc(OC)cc4)(CC2)O3)cc1. The molecular weight excluding hydrogens is 300 g/mol. The van der Waals surface area contributed by atoms with Gasteiger partial charge in [0.1, 0.15) is 11.5 Å². The summed E-state index contributed by atoms with van der Waals surface area (Å²) in [5.74, 6) is 1.79. The standard InChI is InChI=1S/C21H24O3/c1-22-18-8-4-16(5-9-18)20-12-3-13-21(24-20,15-14-20)17-6-10-19(23-2)11-7-17/h4-11H,3,12-15H2,1-2H3/t20-,21+. The highest BCUT2D eigenvalue weighted by atomic mass is 16.5. The largest absolute Gasteiger partial charge is 0.497 e. The van der Waals surface area contributed by atoms with Crippen LogP contribution in [0.5, 0.6) is 11.5 Å². The van der Waals surface area contributed by atoms with Crippen molar-refractivity contribution in [2.45, 2.75) is 43.3 Å². The molecular formula is C21H24O3. The van der Waals surface area contributed by atoms with Crippen LogP contribution in [0.15, 0.2) is 48.5 Å². The molecule has 2 aromatic carbocycles. The second-order valence-corrected chi connectivity index (χ2v) is 6.90. The highest BCUT2D eigenvalue weighted by Gasteiger charge is 2.53. The Bertz CT molecular complexity index is 645. The maximum atomic E-state index is 6.81. The Morgan fingerprint density at radius 2 is 1.08 bits per heavy atom. The van der Waals surface area contributed by atoms with Crippen LogP contribution in [0.25, 0.3) is 0 Å². The molecule has 4 rings (SSSR count). The third-order valence-electron chi connectivity index (χ3n) is 5.72. The van der Waals surface area contributed by atoms with Gasteiger partial charge in [-0.15, -0.1) is 0 Å². The van der Waals surface area contributed by atoms with Crippen LogP contribution in [0.4, 0.5) is 0 Å². The summed E-state index contributed by atoms with van der Waals surface area (Å²) in [4.78, 5) is 0. The van der Waals surface area contributed by atoms with E-state index in [0.717, 1.165) is 37.2 Å². The maximum Gasteiger partial charge on any atom is 0.118 e. The Kier molecular flexibility index (Phi) is 3.76. The van der Waals surface area contributed by atoms with Gasteiger partial charge >= 0.3 is 0 Å². The van der Waals surface area contributed by atoms with Gasteiger partial charge in [0.05, 0.1) is 25.4 Å². The molecule has 0 N–H and O–H groups in total. The van der Waals surface area contributed by atoms with Gasteiger partial charge in [0.25, 0.3) is 0 Å². The average molecular weight is 324 g/mol. The summed E-state index contributed by atoms with van der Waals surface area (Å²) in [6.07, 6.45) is 5.53. The lowest BCUT2D eigenvalue weighted by Gasteiger charge is -2.41. The van der Waals surface area contributed by atoms with E-state index in [1.54, 1.807) is 14.2 Å². The van der Waals surface area contributed by atoms with Gasteiger partial charge in [-0.3, -0.25) is 0 Å². The fourth-order valence-electron chi connectivity index (χ4n) is 4.38. The minimum absolute atomic E-state index is 0.148. The molecule has 126 valence electrons. The quantitative estimate of drug-likeness (QED) is 0.809. The first kappa shape index (κ1) is 15.5. The number of hydrogen-bond acceptors (Lipinski definition) is 3. The van der Waals surface area contributed by atoms with E-state index >= 15 is 0 Å². The van der Waals surface area contributed by atoms with Gasteiger partial charge in [0.15, 0.2) is 0 Å². The highest BCUT2D eigenvalue weighted by molar-refractivity contribution is 5.36. The van der Waals surface area contributed by atoms with E-state index in [9.17, 15) is 0 Å². The fraction of sp³-hybridized carbons (Fsp3) is 0.429. The third-order valence-corrected chi connectivity index (χ3v) is 5.72. The average Bonchev–Trinajstić information content (AvgIpc) is 2.94. The Morgan fingerprint density at radius 1 is 0.667 bits per heavy atom. The smallest absolute Gasteiger partial charge is 0.118 e. The first-order valence-electron chi connectivity index (χ1n) is 8.69. The van der Waals surface area contributed by atoms with Crippen LogP contribution in [0.1, 0.15) is 43.2 Å².